The Morgan fingerprint density at radius 1 is 1.11 bits per heavy atom. The van der Waals surface area contributed by atoms with Gasteiger partial charge in [0.25, 0.3) is 5.91 Å². The van der Waals surface area contributed by atoms with Crippen LogP contribution >= 0.6 is 0 Å². The van der Waals surface area contributed by atoms with Gasteiger partial charge in [-0.1, -0.05) is 42.5 Å². The van der Waals surface area contributed by atoms with Crippen LogP contribution < -0.4 is 11.1 Å². The fourth-order valence-corrected chi connectivity index (χ4v) is 2.78. The third kappa shape index (κ3) is 5.05. The zero-order valence-corrected chi connectivity index (χ0v) is 15.3. The highest BCUT2D eigenvalue weighted by Gasteiger charge is 2.12. The first-order chi connectivity index (χ1) is 13.5. The van der Waals surface area contributed by atoms with E-state index in [2.05, 4.69) is 15.3 Å². The van der Waals surface area contributed by atoms with E-state index in [1.54, 1.807) is 30.5 Å². The van der Waals surface area contributed by atoms with E-state index in [1.807, 2.05) is 30.3 Å². The number of carbonyl (C=O) groups excluding carboxylic acids is 1. The number of benzene rings is 2. The van der Waals surface area contributed by atoms with Crippen LogP contribution in [0.25, 0.3) is 11.3 Å². The summed E-state index contributed by atoms with van der Waals surface area (Å²) < 4.78 is 0. The Bertz CT molecular complexity index is 936. The second-order valence-electron chi connectivity index (χ2n) is 6.46. The Balaban J connectivity index is 1.49. The minimum Gasteiger partial charge on any atom is -0.480 e. The van der Waals surface area contributed by atoms with Crippen molar-refractivity contribution >= 4 is 11.9 Å². The molecule has 0 saturated heterocycles. The van der Waals surface area contributed by atoms with Crippen LogP contribution in [0, 0.1) is 0 Å². The van der Waals surface area contributed by atoms with Gasteiger partial charge in [-0.15, -0.1) is 0 Å². The Hall–Kier alpha value is -3.45. The fourth-order valence-electron chi connectivity index (χ4n) is 2.78. The predicted octanol–water partition coefficient (Wildman–Crippen LogP) is 2.00. The lowest BCUT2D eigenvalue weighted by Gasteiger charge is -2.08. The van der Waals surface area contributed by atoms with Crippen molar-refractivity contribution in [1.82, 2.24) is 15.3 Å². The first-order valence-corrected chi connectivity index (χ1v) is 8.98. The summed E-state index contributed by atoms with van der Waals surface area (Å²) in [7, 11) is 0. The Labute approximate surface area is 162 Å². The molecule has 0 radical (unpaired) electrons. The summed E-state index contributed by atoms with van der Waals surface area (Å²) in [4.78, 5) is 30.6. The van der Waals surface area contributed by atoms with Crippen molar-refractivity contribution in [3.63, 3.8) is 0 Å². The summed E-state index contributed by atoms with van der Waals surface area (Å²) in [6.45, 7) is 0.451. The molecule has 1 amide bonds. The summed E-state index contributed by atoms with van der Waals surface area (Å²) in [5, 5.41) is 11.7. The molecule has 0 saturated carbocycles. The highest BCUT2D eigenvalue weighted by molar-refractivity contribution is 5.94. The number of nitrogens with one attached hydrogen (secondary N) is 2. The molecule has 0 aliphatic heterocycles. The number of amides is 1. The Kier molecular flexibility index (Phi) is 6.18. The molecule has 7 heteroatoms. The maximum atomic E-state index is 12.2. The minimum absolute atomic E-state index is 0.191. The van der Waals surface area contributed by atoms with Crippen LogP contribution in [0.2, 0.25) is 0 Å². The predicted molar refractivity (Wildman–Crippen MR) is 106 cm³/mol. The molecule has 0 fully saturated rings. The third-order valence-electron chi connectivity index (χ3n) is 4.35. The molecule has 7 nitrogen and oxygen atoms in total. The van der Waals surface area contributed by atoms with Crippen molar-refractivity contribution in [2.24, 2.45) is 5.73 Å². The van der Waals surface area contributed by atoms with Crippen molar-refractivity contribution in [1.29, 1.82) is 0 Å². The quantitative estimate of drug-likeness (QED) is 0.478. The van der Waals surface area contributed by atoms with E-state index in [4.69, 9.17) is 10.8 Å². The van der Waals surface area contributed by atoms with Crippen molar-refractivity contribution in [3.05, 3.63) is 77.7 Å². The molecule has 1 atom stereocenters. The van der Waals surface area contributed by atoms with Crippen LogP contribution in [-0.2, 0) is 17.6 Å². The van der Waals surface area contributed by atoms with Crippen LogP contribution in [0.3, 0.4) is 0 Å². The van der Waals surface area contributed by atoms with Crippen molar-refractivity contribution in [2.45, 2.75) is 18.9 Å². The molecule has 2 aromatic carbocycles. The maximum absolute atomic E-state index is 12.2. The smallest absolute Gasteiger partial charge is 0.320 e. The zero-order valence-electron chi connectivity index (χ0n) is 15.3. The average Bonchev–Trinajstić information content (AvgIpc) is 3.18. The number of H-pyrrole nitrogens is 1. The number of rotatable bonds is 8. The molecular formula is C21H22N4O3. The highest BCUT2D eigenvalue weighted by Crippen LogP contribution is 2.16. The summed E-state index contributed by atoms with van der Waals surface area (Å²) in [6.07, 6.45) is 2.59. The second-order valence-corrected chi connectivity index (χ2v) is 6.46. The van der Waals surface area contributed by atoms with Crippen molar-refractivity contribution in [3.8, 4) is 11.3 Å². The monoisotopic (exact) mass is 378 g/mol. The number of aliphatic carboxylic acids is 1. The lowest BCUT2D eigenvalue weighted by molar-refractivity contribution is -0.138. The first kappa shape index (κ1) is 19.3. The molecule has 0 aliphatic carbocycles. The van der Waals surface area contributed by atoms with Gasteiger partial charge in [0.1, 0.15) is 11.9 Å². The molecule has 3 aromatic rings. The summed E-state index contributed by atoms with van der Waals surface area (Å²) in [5.74, 6) is -0.434. The SMILES string of the molecule is N[C@@H](Cc1ccc(C(=O)NCCc2ncc(-c3ccccc3)[nH]2)cc1)C(=O)O. The third-order valence-corrected chi connectivity index (χ3v) is 4.35. The molecule has 1 heterocycles. The van der Waals surface area contributed by atoms with E-state index in [1.165, 1.54) is 0 Å². The van der Waals surface area contributed by atoms with Crippen LogP contribution in [-0.4, -0.2) is 39.5 Å². The maximum Gasteiger partial charge on any atom is 0.320 e. The van der Waals surface area contributed by atoms with Crippen LogP contribution in [0.15, 0.2) is 60.8 Å². The molecular weight excluding hydrogens is 356 g/mol. The number of hydrogen-bond donors (Lipinski definition) is 4. The number of imidazole rings is 1. The molecule has 0 aliphatic rings. The van der Waals surface area contributed by atoms with Crippen molar-refractivity contribution in [2.75, 3.05) is 6.54 Å². The van der Waals surface area contributed by atoms with Gasteiger partial charge in [0.2, 0.25) is 0 Å². The number of carboxylic acid groups (broad SMARTS) is 1. The van der Waals surface area contributed by atoms with E-state index in [-0.39, 0.29) is 12.3 Å². The van der Waals surface area contributed by atoms with E-state index in [9.17, 15) is 9.59 Å². The molecule has 1 aromatic heterocycles. The molecule has 144 valence electrons. The Morgan fingerprint density at radius 3 is 2.50 bits per heavy atom. The first-order valence-electron chi connectivity index (χ1n) is 8.98. The van der Waals surface area contributed by atoms with E-state index in [0.717, 1.165) is 22.6 Å². The molecule has 0 bridgehead atoms. The van der Waals surface area contributed by atoms with E-state index < -0.39 is 12.0 Å². The molecule has 0 spiro atoms. The minimum atomic E-state index is -1.05. The van der Waals surface area contributed by atoms with Gasteiger partial charge in [0.15, 0.2) is 0 Å². The van der Waals surface area contributed by atoms with Gasteiger partial charge in [0, 0.05) is 18.5 Å². The van der Waals surface area contributed by atoms with Gasteiger partial charge in [0.05, 0.1) is 11.9 Å². The van der Waals surface area contributed by atoms with Gasteiger partial charge < -0.3 is 21.1 Å². The van der Waals surface area contributed by atoms with Gasteiger partial charge in [-0.3, -0.25) is 9.59 Å². The van der Waals surface area contributed by atoms with Gasteiger partial charge in [-0.25, -0.2) is 4.98 Å². The molecule has 5 N–H and O–H groups in total. The topological polar surface area (TPSA) is 121 Å². The summed E-state index contributed by atoms with van der Waals surface area (Å²) >= 11 is 0. The molecule has 3 rings (SSSR count). The lowest BCUT2D eigenvalue weighted by atomic mass is 10.0. The van der Waals surface area contributed by atoms with Crippen LogP contribution in [0.5, 0.6) is 0 Å². The van der Waals surface area contributed by atoms with E-state index >= 15 is 0 Å². The second kappa shape index (κ2) is 8.96. The summed E-state index contributed by atoms with van der Waals surface area (Å²) in [6, 6.07) is 15.7. The van der Waals surface area contributed by atoms with Crippen LogP contribution in [0.4, 0.5) is 0 Å². The number of nitrogens with two attached hydrogens (primary N) is 1. The Morgan fingerprint density at radius 2 is 1.82 bits per heavy atom. The normalized spacial score (nSPS) is 11.8. The van der Waals surface area contributed by atoms with Gasteiger partial charge in [-0.05, 0) is 29.7 Å². The average molecular weight is 378 g/mol. The van der Waals surface area contributed by atoms with Crippen molar-refractivity contribution < 1.29 is 14.7 Å². The van der Waals surface area contributed by atoms with Crippen LogP contribution in [0.1, 0.15) is 21.7 Å². The van der Waals surface area contributed by atoms with Gasteiger partial charge >= 0.3 is 5.97 Å². The number of nitrogens with zero attached hydrogens (tertiary/aromatic N) is 1. The molecule has 28 heavy (non-hydrogen) atoms. The number of aromatic nitrogens is 2. The number of aromatic amines is 1. The number of carbonyl (C=O) groups is 2. The van der Waals surface area contributed by atoms with E-state index in [0.29, 0.717) is 18.5 Å². The fraction of sp³-hybridized carbons (Fsp3) is 0.190. The highest BCUT2D eigenvalue weighted by atomic mass is 16.4. The summed E-state index contributed by atoms with van der Waals surface area (Å²) in [5.41, 5.74) is 8.81. The molecule has 0 unspecified atom stereocenters. The zero-order chi connectivity index (χ0) is 19.9. The lowest BCUT2D eigenvalue weighted by Crippen LogP contribution is -2.32. The number of hydrogen-bond acceptors (Lipinski definition) is 4. The van der Waals surface area contributed by atoms with Gasteiger partial charge in [-0.2, -0.15) is 0 Å². The largest absolute Gasteiger partial charge is 0.480 e. The number of carboxylic acids is 1. The standard InChI is InChI=1S/C21H22N4O3/c22-17(21(27)28)12-14-6-8-16(9-7-14)20(26)23-11-10-19-24-13-18(25-19)15-4-2-1-3-5-15/h1-9,13,17H,10-12,22H2,(H,23,26)(H,24,25)(H,27,28)/t17-/m0/s1.